The first-order valence-corrected chi connectivity index (χ1v) is 6.42. The monoisotopic (exact) mass is 223 g/mol. The van der Waals surface area contributed by atoms with Crippen molar-refractivity contribution in [2.24, 2.45) is 0 Å². The molecule has 3 heterocycles. The number of piperidine rings is 1. The topological polar surface area (TPSA) is 44.4 Å². The van der Waals surface area contributed by atoms with Gasteiger partial charge in [-0.15, -0.1) is 0 Å². The van der Waals surface area contributed by atoms with Gasteiger partial charge in [-0.25, -0.2) is 0 Å². The number of amides is 1. The van der Waals surface area contributed by atoms with Crippen LogP contribution in [0.15, 0.2) is 0 Å². The fourth-order valence-corrected chi connectivity index (χ4v) is 3.72. The zero-order valence-corrected chi connectivity index (χ0v) is 9.96. The number of nitrogens with zero attached hydrogens (tertiary/aromatic N) is 1. The Morgan fingerprint density at radius 3 is 2.69 bits per heavy atom. The van der Waals surface area contributed by atoms with Crippen molar-refractivity contribution in [3.63, 3.8) is 0 Å². The average molecular weight is 223 g/mol. The van der Waals surface area contributed by atoms with Crippen molar-refractivity contribution in [1.29, 1.82) is 0 Å². The van der Waals surface area contributed by atoms with E-state index in [1.54, 1.807) is 0 Å². The fraction of sp³-hybridized carbons (Fsp3) is 0.917. The minimum Gasteiger partial charge on any atom is -0.354 e. The molecule has 0 aromatic rings. The van der Waals surface area contributed by atoms with Crippen LogP contribution in [0.1, 0.15) is 32.1 Å². The SMILES string of the molecule is CN1C2CCC1CC1(CNC(=O)CCN1)C2. The third-order valence-corrected chi connectivity index (χ3v) is 4.71. The van der Waals surface area contributed by atoms with Crippen LogP contribution in [0.2, 0.25) is 0 Å². The van der Waals surface area contributed by atoms with Crippen LogP contribution in [-0.2, 0) is 4.79 Å². The highest BCUT2D eigenvalue weighted by molar-refractivity contribution is 5.76. The number of hydrogen-bond donors (Lipinski definition) is 2. The van der Waals surface area contributed by atoms with Crippen molar-refractivity contribution < 1.29 is 4.79 Å². The molecule has 90 valence electrons. The molecule has 3 fully saturated rings. The Bertz CT molecular complexity index is 291. The van der Waals surface area contributed by atoms with Gasteiger partial charge in [0.25, 0.3) is 0 Å². The van der Waals surface area contributed by atoms with E-state index in [-0.39, 0.29) is 11.4 Å². The van der Waals surface area contributed by atoms with Gasteiger partial charge in [-0.3, -0.25) is 4.79 Å². The lowest BCUT2D eigenvalue weighted by Crippen LogP contribution is -2.60. The van der Waals surface area contributed by atoms with E-state index in [1.807, 2.05) is 0 Å². The molecule has 0 aromatic heterocycles. The highest BCUT2D eigenvalue weighted by Crippen LogP contribution is 2.39. The summed E-state index contributed by atoms with van der Waals surface area (Å²) >= 11 is 0. The lowest BCUT2D eigenvalue weighted by molar-refractivity contribution is -0.120. The van der Waals surface area contributed by atoms with Crippen molar-refractivity contribution in [3.05, 3.63) is 0 Å². The van der Waals surface area contributed by atoms with Crippen LogP contribution in [0.25, 0.3) is 0 Å². The van der Waals surface area contributed by atoms with Gasteiger partial charge in [0, 0.05) is 37.1 Å². The van der Waals surface area contributed by atoms with Crippen LogP contribution < -0.4 is 10.6 Å². The number of nitrogens with one attached hydrogen (secondary N) is 2. The van der Waals surface area contributed by atoms with Gasteiger partial charge < -0.3 is 15.5 Å². The Labute approximate surface area is 96.8 Å². The van der Waals surface area contributed by atoms with Crippen LogP contribution in [0.4, 0.5) is 0 Å². The molecule has 2 atom stereocenters. The molecule has 3 saturated heterocycles. The first-order chi connectivity index (χ1) is 7.69. The van der Waals surface area contributed by atoms with E-state index >= 15 is 0 Å². The van der Waals surface area contributed by atoms with E-state index in [9.17, 15) is 4.79 Å². The van der Waals surface area contributed by atoms with Crippen molar-refractivity contribution in [2.75, 3.05) is 20.1 Å². The van der Waals surface area contributed by atoms with Gasteiger partial charge in [0.15, 0.2) is 0 Å². The summed E-state index contributed by atoms with van der Waals surface area (Å²) in [6, 6.07) is 1.45. The normalized spacial score (nSPS) is 44.4. The standard InChI is InChI=1S/C12H21N3O/c1-15-9-2-3-10(15)7-12(6-9)8-13-11(16)4-5-14-12/h9-10,14H,2-8H2,1H3,(H,13,16). The fourth-order valence-electron chi connectivity index (χ4n) is 3.72. The van der Waals surface area contributed by atoms with Crippen LogP contribution in [-0.4, -0.2) is 48.6 Å². The summed E-state index contributed by atoms with van der Waals surface area (Å²) in [7, 11) is 2.25. The predicted molar refractivity (Wildman–Crippen MR) is 62.2 cm³/mol. The van der Waals surface area contributed by atoms with E-state index in [0.717, 1.165) is 25.2 Å². The molecule has 0 radical (unpaired) electrons. The van der Waals surface area contributed by atoms with Crippen molar-refractivity contribution in [3.8, 4) is 0 Å². The summed E-state index contributed by atoms with van der Waals surface area (Å²) in [5, 5.41) is 6.71. The maximum Gasteiger partial charge on any atom is 0.221 e. The molecule has 2 unspecified atom stereocenters. The molecule has 0 aromatic carbocycles. The predicted octanol–water partition coefficient (Wildman–Crippen LogP) is 0.0913. The molecule has 2 bridgehead atoms. The zero-order chi connectivity index (χ0) is 11.2. The third kappa shape index (κ3) is 1.64. The molecule has 3 rings (SSSR count). The zero-order valence-electron chi connectivity index (χ0n) is 9.96. The molecule has 1 amide bonds. The first-order valence-electron chi connectivity index (χ1n) is 6.42. The molecule has 0 aliphatic carbocycles. The quantitative estimate of drug-likeness (QED) is 0.612. The van der Waals surface area contributed by atoms with Crippen LogP contribution in [0.5, 0.6) is 0 Å². The molecule has 3 aliphatic heterocycles. The molecular weight excluding hydrogens is 202 g/mol. The summed E-state index contributed by atoms with van der Waals surface area (Å²) in [5.74, 6) is 0.204. The maximum absolute atomic E-state index is 11.4. The third-order valence-electron chi connectivity index (χ3n) is 4.71. The minimum absolute atomic E-state index is 0.185. The van der Waals surface area contributed by atoms with Crippen molar-refractivity contribution in [2.45, 2.75) is 49.7 Å². The second kappa shape index (κ2) is 3.70. The molecule has 2 N–H and O–H groups in total. The van der Waals surface area contributed by atoms with Gasteiger partial charge in [-0.05, 0) is 32.7 Å². The Kier molecular flexibility index (Phi) is 2.44. The largest absolute Gasteiger partial charge is 0.354 e. The molecule has 3 aliphatic rings. The Morgan fingerprint density at radius 2 is 2.00 bits per heavy atom. The first kappa shape index (κ1) is 10.5. The van der Waals surface area contributed by atoms with Crippen molar-refractivity contribution >= 4 is 5.91 Å². The molecule has 4 nitrogen and oxygen atoms in total. The van der Waals surface area contributed by atoms with Crippen LogP contribution in [0.3, 0.4) is 0 Å². The van der Waals surface area contributed by atoms with Crippen molar-refractivity contribution in [1.82, 2.24) is 15.5 Å². The summed E-state index contributed by atoms with van der Waals surface area (Å²) in [6.07, 6.45) is 5.69. The highest BCUT2D eigenvalue weighted by Gasteiger charge is 2.47. The average Bonchev–Trinajstić information content (AvgIpc) is 2.47. The summed E-state index contributed by atoms with van der Waals surface area (Å²) in [5.41, 5.74) is 0.185. The Balaban J connectivity index is 1.77. The van der Waals surface area contributed by atoms with E-state index in [4.69, 9.17) is 0 Å². The highest BCUT2D eigenvalue weighted by atomic mass is 16.1. The van der Waals surface area contributed by atoms with E-state index < -0.39 is 0 Å². The smallest absolute Gasteiger partial charge is 0.221 e. The lowest BCUT2D eigenvalue weighted by atomic mass is 9.83. The Morgan fingerprint density at radius 1 is 1.31 bits per heavy atom. The maximum atomic E-state index is 11.4. The lowest BCUT2D eigenvalue weighted by Gasteiger charge is -2.45. The number of carbonyl (C=O) groups excluding carboxylic acids is 1. The van der Waals surface area contributed by atoms with E-state index in [2.05, 4.69) is 22.6 Å². The number of rotatable bonds is 0. The van der Waals surface area contributed by atoms with Gasteiger partial charge >= 0.3 is 0 Å². The van der Waals surface area contributed by atoms with Crippen LogP contribution in [0, 0.1) is 0 Å². The van der Waals surface area contributed by atoms with E-state index in [1.165, 1.54) is 25.7 Å². The van der Waals surface area contributed by atoms with Crippen LogP contribution >= 0.6 is 0 Å². The molecular formula is C12H21N3O. The molecule has 1 spiro atoms. The van der Waals surface area contributed by atoms with Gasteiger partial charge in [0.2, 0.25) is 5.91 Å². The summed E-state index contributed by atoms with van der Waals surface area (Å²) < 4.78 is 0. The molecule has 16 heavy (non-hydrogen) atoms. The second-order valence-electron chi connectivity index (χ2n) is 5.69. The summed E-state index contributed by atoms with van der Waals surface area (Å²) in [6.45, 7) is 1.67. The number of carbonyl (C=O) groups is 1. The van der Waals surface area contributed by atoms with E-state index in [0.29, 0.717) is 6.42 Å². The van der Waals surface area contributed by atoms with Gasteiger partial charge in [-0.1, -0.05) is 0 Å². The van der Waals surface area contributed by atoms with Gasteiger partial charge in [-0.2, -0.15) is 0 Å². The number of hydrogen-bond acceptors (Lipinski definition) is 3. The molecule has 0 saturated carbocycles. The van der Waals surface area contributed by atoms with Gasteiger partial charge in [0.1, 0.15) is 0 Å². The molecule has 4 heteroatoms. The van der Waals surface area contributed by atoms with Gasteiger partial charge in [0.05, 0.1) is 0 Å². The Hall–Kier alpha value is -0.610. The number of fused-ring (bicyclic) bond motifs is 2. The summed E-state index contributed by atoms with van der Waals surface area (Å²) in [4.78, 5) is 13.9. The minimum atomic E-state index is 0.185. The second-order valence-corrected chi connectivity index (χ2v) is 5.69.